The van der Waals surface area contributed by atoms with E-state index in [-0.39, 0.29) is 24.0 Å². The van der Waals surface area contributed by atoms with Gasteiger partial charge in [-0.3, -0.25) is 9.89 Å². The first kappa shape index (κ1) is 21.7. The molecule has 0 bridgehead atoms. The van der Waals surface area contributed by atoms with Gasteiger partial charge < -0.3 is 10.6 Å². The van der Waals surface area contributed by atoms with E-state index < -0.39 is 0 Å². The molecule has 0 atom stereocenters. The zero-order valence-electron chi connectivity index (χ0n) is 16.3. The van der Waals surface area contributed by atoms with Gasteiger partial charge in [-0.25, -0.2) is 0 Å². The van der Waals surface area contributed by atoms with Crippen LogP contribution < -0.4 is 10.6 Å². The molecule has 0 amide bonds. The van der Waals surface area contributed by atoms with Gasteiger partial charge in [0.1, 0.15) is 0 Å². The molecular formula is C22H31IN4. The molecule has 4 nitrogen and oxygen atoms in total. The van der Waals surface area contributed by atoms with Gasteiger partial charge in [-0.15, -0.1) is 24.0 Å². The number of hydrogen-bond donors (Lipinski definition) is 2. The number of guanidine groups is 1. The number of hydrogen-bond acceptors (Lipinski definition) is 2. The molecule has 3 rings (SSSR count). The highest BCUT2D eigenvalue weighted by Crippen LogP contribution is 2.14. The monoisotopic (exact) mass is 478 g/mol. The number of aryl methyl sites for hydroxylation is 1. The third-order valence-electron chi connectivity index (χ3n) is 4.94. The van der Waals surface area contributed by atoms with Crippen molar-refractivity contribution in [2.45, 2.75) is 38.9 Å². The fourth-order valence-corrected chi connectivity index (χ4v) is 3.47. The first-order chi connectivity index (χ1) is 12.7. The predicted octanol–water partition coefficient (Wildman–Crippen LogP) is 3.94. The van der Waals surface area contributed by atoms with E-state index in [0.29, 0.717) is 6.04 Å². The van der Waals surface area contributed by atoms with E-state index in [0.717, 1.165) is 45.0 Å². The minimum Gasteiger partial charge on any atom is -0.354 e. The molecule has 1 heterocycles. The summed E-state index contributed by atoms with van der Waals surface area (Å²) in [5.41, 5.74) is 3.97. The van der Waals surface area contributed by atoms with E-state index in [1.165, 1.54) is 16.7 Å². The van der Waals surface area contributed by atoms with Gasteiger partial charge in [0.15, 0.2) is 5.96 Å². The van der Waals surface area contributed by atoms with Crippen LogP contribution in [0.15, 0.2) is 59.6 Å². The molecule has 0 aromatic heterocycles. The summed E-state index contributed by atoms with van der Waals surface area (Å²) in [4.78, 5) is 6.93. The zero-order chi connectivity index (χ0) is 18.2. The third kappa shape index (κ3) is 7.14. The Kier molecular flexibility index (Phi) is 9.07. The molecule has 0 aliphatic carbocycles. The maximum absolute atomic E-state index is 4.39. The molecular weight excluding hydrogens is 447 g/mol. The Labute approximate surface area is 180 Å². The SMILES string of the molecule is CN=C(NCc1cccc(C)c1)NC1CCN(Cc2ccccc2)CC1.I. The smallest absolute Gasteiger partial charge is 0.191 e. The van der Waals surface area contributed by atoms with Crippen LogP contribution in [-0.2, 0) is 13.1 Å². The van der Waals surface area contributed by atoms with Crippen molar-refractivity contribution in [2.75, 3.05) is 20.1 Å². The highest BCUT2D eigenvalue weighted by atomic mass is 127. The lowest BCUT2D eigenvalue weighted by Gasteiger charge is -2.33. The number of halogens is 1. The molecule has 1 fully saturated rings. The minimum atomic E-state index is 0. The maximum Gasteiger partial charge on any atom is 0.191 e. The van der Waals surface area contributed by atoms with E-state index in [9.17, 15) is 0 Å². The van der Waals surface area contributed by atoms with E-state index in [1.807, 2.05) is 7.05 Å². The number of nitrogens with zero attached hydrogens (tertiary/aromatic N) is 2. The molecule has 5 heteroatoms. The molecule has 146 valence electrons. The molecule has 1 aliphatic rings. The van der Waals surface area contributed by atoms with Gasteiger partial charge in [-0.1, -0.05) is 60.2 Å². The van der Waals surface area contributed by atoms with Crippen LogP contribution in [-0.4, -0.2) is 37.0 Å². The summed E-state index contributed by atoms with van der Waals surface area (Å²) in [7, 11) is 1.84. The van der Waals surface area contributed by atoms with Gasteiger partial charge in [0.2, 0.25) is 0 Å². The highest BCUT2D eigenvalue weighted by Gasteiger charge is 2.19. The largest absolute Gasteiger partial charge is 0.354 e. The van der Waals surface area contributed by atoms with E-state index >= 15 is 0 Å². The number of nitrogens with one attached hydrogen (secondary N) is 2. The maximum atomic E-state index is 4.39. The molecule has 2 aromatic rings. The standard InChI is InChI=1S/C22H30N4.HI/c1-18-7-6-10-20(15-18)16-24-22(23-2)25-21-11-13-26(14-12-21)17-19-8-4-3-5-9-19;/h3-10,15,21H,11-14,16-17H2,1-2H3,(H2,23,24,25);1H. The fraction of sp³-hybridized carbons (Fsp3) is 0.409. The summed E-state index contributed by atoms with van der Waals surface area (Å²) in [5.74, 6) is 0.896. The Morgan fingerprint density at radius 3 is 2.41 bits per heavy atom. The summed E-state index contributed by atoms with van der Waals surface area (Å²) in [6.45, 7) is 6.23. The minimum absolute atomic E-state index is 0. The van der Waals surface area contributed by atoms with Crippen molar-refractivity contribution in [3.63, 3.8) is 0 Å². The second kappa shape index (κ2) is 11.3. The van der Waals surface area contributed by atoms with Gasteiger partial charge in [0, 0.05) is 39.3 Å². The van der Waals surface area contributed by atoms with Crippen molar-refractivity contribution >= 4 is 29.9 Å². The van der Waals surface area contributed by atoms with E-state index in [1.54, 1.807) is 0 Å². The topological polar surface area (TPSA) is 39.7 Å². The molecule has 2 N–H and O–H groups in total. The number of rotatable bonds is 5. The molecule has 1 saturated heterocycles. The van der Waals surface area contributed by atoms with E-state index in [2.05, 4.69) is 82.0 Å². The molecule has 1 aliphatic heterocycles. The van der Waals surface area contributed by atoms with Crippen LogP contribution in [0.4, 0.5) is 0 Å². The van der Waals surface area contributed by atoms with Crippen LogP contribution in [0.2, 0.25) is 0 Å². The Bertz CT molecular complexity index is 709. The third-order valence-corrected chi connectivity index (χ3v) is 4.94. The molecule has 0 saturated carbocycles. The average Bonchev–Trinajstić information content (AvgIpc) is 2.67. The lowest BCUT2D eigenvalue weighted by molar-refractivity contribution is 0.198. The number of benzene rings is 2. The predicted molar refractivity (Wildman–Crippen MR) is 125 cm³/mol. The molecule has 0 radical (unpaired) electrons. The van der Waals surface area contributed by atoms with Crippen LogP contribution in [0.5, 0.6) is 0 Å². The number of aliphatic imine (C=N–C) groups is 1. The van der Waals surface area contributed by atoms with Gasteiger partial charge >= 0.3 is 0 Å². The summed E-state index contributed by atoms with van der Waals surface area (Å²) < 4.78 is 0. The number of likely N-dealkylation sites (tertiary alicyclic amines) is 1. The summed E-state index contributed by atoms with van der Waals surface area (Å²) in [6, 6.07) is 19.8. The lowest BCUT2D eigenvalue weighted by Crippen LogP contribution is -2.48. The van der Waals surface area contributed by atoms with Gasteiger partial charge in [-0.2, -0.15) is 0 Å². The van der Waals surface area contributed by atoms with Crippen molar-refractivity contribution in [1.29, 1.82) is 0 Å². The first-order valence-electron chi connectivity index (χ1n) is 9.52. The van der Waals surface area contributed by atoms with Gasteiger partial charge in [0.25, 0.3) is 0 Å². The van der Waals surface area contributed by atoms with Crippen molar-refractivity contribution in [3.05, 3.63) is 71.3 Å². The lowest BCUT2D eigenvalue weighted by atomic mass is 10.0. The van der Waals surface area contributed by atoms with Crippen LogP contribution in [0.3, 0.4) is 0 Å². The molecule has 27 heavy (non-hydrogen) atoms. The Hall–Kier alpha value is -1.60. The fourth-order valence-electron chi connectivity index (χ4n) is 3.47. The Morgan fingerprint density at radius 1 is 1.04 bits per heavy atom. The van der Waals surface area contributed by atoms with Crippen LogP contribution in [0.1, 0.15) is 29.5 Å². The first-order valence-corrected chi connectivity index (χ1v) is 9.52. The van der Waals surface area contributed by atoms with Crippen LogP contribution in [0.25, 0.3) is 0 Å². The molecule has 2 aromatic carbocycles. The van der Waals surface area contributed by atoms with E-state index in [4.69, 9.17) is 0 Å². The second-order valence-electron chi connectivity index (χ2n) is 7.10. The van der Waals surface area contributed by atoms with Gasteiger partial charge in [0.05, 0.1) is 0 Å². The summed E-state index contributed by atoms with van der Waals surface area (Å²) in [6.07, 6.45) is 2.30. The van der Waals surface area contributed by atoms with Crippen LogP contribution >= 0.6 is 24.0 Å². The Morgan fingerprint density at radius 2 is 1.74 bits per heavy atom. The Balaban J connectivity index is 0.00000261. The molecule has 0 unspecified atom stereocenters. The summed E-state index contributed by atoms with van der Waals surface area (Å²) in [5, 5.41) is 7.02. The van der Waals surface area contributed by atoms with Crippen molar-refractivity contribution in [1.82, 2.24) is 15.5 Å². The average molecular weight is 478 g/mol. The molecule has 0 spiro atoms. The zero-order valence-corrected chi connectivity index (χ0v) is 18.6. The summed E-state index contributed by atoms with van der Waals surface area (Å²) >= 11 is 0. The van der Waals surface area contributed by atoms with Crippen molar-refractivity contribution in [3.8, 4) is 0 Å². The van der Waals surface area contributed by atoms with Crippen molar-refractivity contribution < 1.29 is 0 Å². The normalized spacial score (nSPS) is 15.9. The van der Waals surface area contributed by atoms with Crippen molar-refractivity contribution in [2.24, 2.45) is 4.99 Å². The number of piperidine rings is 1. The highest BCUT2D eigenvalue weighted by molar-refractivity contribution is 14.0. The second-order valence-corrected chi connectivity index (χ2v) is 7.10. The van der Waals surface area contributed by atoms with Crippen LogP contribution in [0, 0.1) is 6.92 Å². The quantitative estimate of drug-likeness (QED) is 0.389. The van der Waals surface area contributed by atoms with Gasteiger partial charge in [-0.05, 0) is 30.9 Å².